The summed E-state index contributed by atoms with van der Waals surface area (Å²) in [6.07, 6.45) is 0. The highest BCUT2D eigenvalue weighted by Crippen LogP contribution is 2.27. The number of benzene rings is 1. The molecule has 0 bridgehead atoms. The normalized spacial score (nSPS) is 10.9. The van der Waals surface area contributed by atoms with E-state index in [1.807, 2.05) is 12.1 Å². The SMILES string of the molecule is COc1cc(-c2nnnn2CC(C)C)ccc1N. The predicted molar refractivity (Wildman–Crippen MR) is 69.1 cm³/mol. The Morgan fingerprint density at radius 1 is 1.39 bits per heavy atom. The van der Waals surface area contributed by atoms with Gasteiger partial charge in [-0.2, -0.15) is 0 Å². The molecule has 1 aromatic heterocycles. The summed E-state index contributed by atoms with van der Waals surface area (Å²) in [5.41, 5.74) is 7.28. The quantitative estimate of drug-likeness (QED) is 0.830. The monoisotopic (exact) mass is 247 g/mol. The van der Waals surface area contributed by atoms with Crippen molar-refractivity contribution in [2.75, 3.05) is 12.8 Å². The first-order chi connectivity index (χ1) is 8.61. The number of ether oxygens (including phenoxy) is 1. The van der Waals surface area contributed by atoms with Crippen molar-refractivity contribution in [3.8, 4) is 17.1 Å². The van der Waals surface area contributed by atoms with Crippen molar-refractivity contribution in [1.29, 1.82) is 0 Å². The molecular weight excluding hydrogens is 230 g/mol. The fraction of sp³-hybridized carbons (Fsp3) is 0.417. The maximum Gasteiger partial charge on any atom is 0.182 e. The first-order valence-corrected chi connectivity index (χ1v) is 5.82. The predicted octanol–water partition coefficient (Wildman–Crippen LogP) is 1.59. The van der Waals surface area contributed by atoms with Crippen LogP contribution in [-0.4, -0.2) is 27.3 Å². The Labute approximate surface area is 106 Å². The van der Waals surface area contributed by atoms with Crippen molar-refractivity contribution in [3.05, 3.63) is 18.2 Å². The Kier molecular flexibility index (Phi) is 3.45. The lowest BCUT2D eigenvalue weighted by Gasteiger charge is -2.09. The largest absolute Gasteiger partial charge is 0.495 e. The summed E-state index contributed by atoms with van der Waals surface area (Å²) in [4.78, 5) is 0. The van der Waals surface area contributed by atoms with Gasteiger partial charge in [-0.05, 0) is 34.5 Å². The van der Waals surface area contributed by atoms with E-state index in [4.69, 9.17) is 10.5 Å². The molecular formula is C12H17N5O. The zero-order valence-electron chi connectivity index (χ0n) is 10.8. The maximum absolute atomic E-state index is 5.79. The highest BCUT2D eigenvalue weighted by atomic mass is 16.5. The van der Waals surface area contributed by atoms with Gasteiger partial charge in [0.25, 0.3) is 0 Å². The van der Waals surface area contributed by atoms with Crippen molar-refractivity contribution in [2.45, 2.75) is 20.4 Å². The molecule has 0 aliphatic carbocycles. The third kappa shape index (κ3) is 2.42. The molecule has 2 aromatic rings. The summed E-state index contributed by atoms with van der Waals surface area (Å²) >= 11 is 0. The van der Waals surface area contributed by atoms with Crippen LogP contribution in [-0.2, 0) is 6.54 Å². The van der Waals surface area contributed by atoms with Crippen molar-refractivity contribution < 1.29 is 4.74 Å². The van der Waals surface area contributed by atoms with Crippen LogP contribution in [0.5, 0.6) is 5.75 Å². The molecule has 0 radical (unpaired) electrons. The number of nitrogens with zero attached hydrogens (tertiary/aromatic N) is 4. The molecule has 6 nitrogen and oxygen atoms in total. The van der Waals surface area contributed by atoms with Gasteiger partial charge in [-0.3, -0.25) is 0 Å². The number of nitrogens with two attached hydrogens (primary N) is 1. The number of methoxy groups -OCH3 is 1. The fourth-order valence-corrected chi connectivity index (χ4v) is 1.73. The zero-order chi connectivity index (χ0) is 13.1. The third-order valence-corrected chi connectivity index (χ3v) is 2.56. The average molecular weight is 247 g/mol. The van der Waals surface area contributed by atoms with E-state index in [-0.39, 0.29) is 0 Å². The van der Waals surface area contributed by atoms with Gasteiger partial charge in [0.05, 0.1) is 12.8 Å². The van der Waals surface area contributed by atoms with Gasteiger partial charge in [0.15, 0.2) is 5.82 Å². The maximum atomic E-state index is 5.79. The fourth-order valence-electron chi connectivity index (χ4n) is 1.73. The van der Waals surface area contributed by atoms with Crippen LogP contribution in [0, 0.1) is 5.92 Å². The summed E-state index contributed by atoms with van der Waals surface area (Å²) < 4.78 is 6.99. The molecule has 6 heteroatoms. The number of hydrogen-bond acceptors (Lipinski definition) is 5. The van der Waals surface area contributed by atoms with Crippen LogP contribution in [0.4, 0.5) is 5.69 Å². The van der Waals surface area contributed by atoms with Gasteiger partial charge >= 0.3 is 0 Å². The van der Waals surface area contributed by atoms with E-state index in [0.29, 0.717) is 17.4 Å². The number of rotatable bonds is 4. The Bertz CT molecular complexity index is 535. The summed E-state index contributed by atoms with van der Waals surface area (Å²) in [6.45, 7) is 5.01. The van der Waals surface area contributed by atoms with Crippen LogP contribution in [0.1, 0.15) is 13.8 Å². The van der Waals surface area contributed by atoms with Crippen molar-refractivity contribution >= 4 is 5.69 Å². The van der Waals surface area contributed by atoms with Gasteiger partial charge in [0.1, 0.15) is 5.75 Å². The van der Waals surface area contributed by atoms with Crippen LogP contribution in [0.3, 0.4) is 0 Å². The molecule has 0 unspecified atom stereocenters. The number of aromatic nitrogens is 4. The van der Waals surface area contributed by atoms with E-state index in [1.165, 1.54) is 0 Å². The molecule has 0 saturated heterocycles. The molecule has 0 spiro atoms. The molecule has 0 aliphatic heterocycles. The minimum atomic E-state index is 0.475. The van der Waals surface area contributed by atoms with Gasteiger partial charge in [-0.1, -0.05) is 13.8 Å². The number of tetrazole rings is 1. The standard InChI is InChI=1S/C12H17N5O/c1-8(2)7-17-12(14-15-16-17)9-4-5-10(13)11(6-9)18-3/h4-6,8H,7,13H2,1-3H3. The molecule has 2 rings (SSSR count). The molecule has 18 heavy (non-hydrogen) atoms. The minimum Gasteiger partial charge on any atom is -0.495 e. The van der Waals surface area contributed by atoms with Crippen LogP contribution >= 0.6 is 0 Å². The second-order valence-electron chi connectivity index (χ2n) is 4.54. The summed E-state index contributed by atoms with van der Waals surface area (Å²) in [5, 5.41) is 11.8. The lowest BCUT2D eigenvalue weighted by molar-refractivity contribution is 0.417. The molecule has 2 N–H and O–H groups in total. The minimum absolute atomic E-state index is 0.475. The Morgan fingerprint density at radius 3 is 2.83 bits per heavy atom. The molecule has 0 aliphatic rings. The van der Waals surface area contributed by atoms with Gasteiger partial charge in [0.2, 0.25) is 0 Å². The highest BCUT2D eigenvalue weighted by molar-refractivity contribution is 5.65. The molecule has 0 fully saturated rings. The van der Waals surface area contributed by atoms with E-state index in [9.17, 15) is 0 Å². The van der Waals surface area contributed by atoms with E-state index in [2.05, 4.69) is 29.4 Å². The topological polar surface area (TPSA) is 78.9 Å². The smallest absolute Gasteiger partial charge is 0.182 e. The second kappa shape index (κ2) is 5.03. The van der Waals surface area contributed by atoms with E-state index >= 15 is 0 Å². The Balaban J connectivity index is 2.39. The molecule has 1 aromatic carbocycles. The van der Waals surface area contributed by atoms with Gasteiger partial charge < -0.3 is 10.5 Å². The van der Waals surface area contributed by atoms with E-state index in [0.717, 1.165) is 17.9 Å². The third-order valence-electron chi connectivity index (χ3n) is 2.56. The highest BCUT2D eigenvalue weighted by Gasteiger charge is 2.11. The lowest BCUT2D eigenvalue weighted by atomic mass is 10.1. The van der Waals surface area contributed by atoms with Gasteiger partial charge in [0, 0.05) is 12.1 Å². The van der Waals surface area contributed by atoms with Gasteiger partial charge in [-0.25, -0.2) is 4.68 Å². The summed E-state index contributed by atoms with van der Waals surface area (Å²) in [6, 6.07) is 5.53. The van der Waals surface area contributed by atoms with E-state index < -0.39 is 0 Å². The van der Waals surface area contributed by atoms with E-state index in [1.54, 1.807) is 17.9 Å². The summed E-state index contributed by atoms with van der Waals surface area (Å²) in [7, 11) is 1.59. The first-order valence-electron chi connectivity index (χ1n) is 5.82. The Morgan fingerprint density at radius 2 is 2.17 bits per heavy atom. The van der Waals surface area contributed by atoms with Crippen LogP contribution in [0.15, 0.2) is 18.2 Å². The van der Waals surface area contributed by atoms with Crippen molar-refractivity contribution in [3.63, 3.8) is 0 Å². The average Bonchev–Trinajstić information content (AvgIpc) is 2.77. The Hall–Kier alpha value is -2.11. The van der Waals surface area contributed by atoms with Crippen molar-refractivity contribution in [2.24, 2.45) is 5.92 Å². The molecule has 0 atom stereocenters. The number of anilines is 1. The second-order valence-corrected chi connectivity index (χ2v) is 4.54. The first kappa shape index (κ1) is 12.3. The summed E-state index contributed by atoms with van der Waals surface area (Å²) in [5.74, 6) is 1.83. The van der Waals surface area contributed by atoms with Crippen molar-refractivity contribution in [1.82, 2.24) is 20.2 Å². The molecule has 1 heterocycles. The zero-order valence-corrected chi connectivity index (χ0v) is 10.8. The van der Waals surface area contributed by atoms with Crippen LogP contribution < -0.4 is 10.5 Å². The number of nitrogen functional groups attached to an aromatic ring is 1. The van der Waals surface area contributed by atoms with Crippen LogP contribution in [0.2, 0.25) is 0 Å². The van der Waals surface area contributed by atoms with Gasteiger partial charge in [-0.15, -0.1) is 5.10 Å². The molecule has 0 amide bonds. The molecule has 0 saturated carbocycles. The lowest BCUT2D eigenvalue weighted by Crippen LogP contribution is -2.08. The number of hydrogen-bond donors (Lipinski definition) is 1. The van der Waals surface area contributed by atoms with Crippen LogP contribution in [0.25, 0.3) is 11.4 Å². The molecule has 96 valence electrons.